The summed E-state index contributed by atoms with van der Waals surface area (Å²) in [5.74, 6) is -0.0133. The summed E-state index contributed by atoms with van der Waals surface area (Å²) in [6, 6.07) is 9.97. The summed E-state index contributed by atoms with van der Waals surface area (Å²) in [5.41, 5.74) is 1.98. The van der Waals surface area contributed by atoms with Gasteiger partial charge in [-0.05, 0) is 24.7 Å². The second-order valence-corrected chi connectivity index (χ2v) is 3.84. The topological polar surface area (TPSA) is 54.0 Å². The molecule has 1 aromatic carbocycles. The molecule has 0 aliphatic carbocycles. The molecule has 88 valence electrons. The van der Waals surface area contributed by atoms with Crippen LogP contribution in [0.1, 0.15) is 5.56 Å². The number of amides is 1. The van der Waals surface area contributed by atoms with Crippen LogP contribution in [0.2, 0.25) is 0 Å². The fourth-order valence-electron chi connectivity index (χ4n) is 1.64. The lowest BCUT2D eigenvalue weighted by atomic mass is 10.1. The second kappa shape index (κ2) is 5.41. The molecule has 0 saturated heterocycles. The first-order chi connectivity index (χ1) is 8.29. The van der Waals surface area contributed by atoms with Gasteiger partial charge in [0.1, 0.15) is 0 Å². The zero-order valence-electron chi connectivity index (χ0n) is 9.73. The number of fused-ring (bicyclic) bond motifs is 1. The van der Waals surface area contributed by atoms with Crippen molar-refractivity contribution >= 4 is 16.8 Å². The van der Waals surface area contributed by atoms with E-state index in [1.807, 2.05) is 30.3 Å². The molecule has 0 aliphatic rings. The summed E-state index contributed by atoms with van der Waals surface area (Å²) in [5, 5.41) is 6.72. The molecule has 2 N–H and O–H groups in total. The number of nitrogens with zero attached hydrogens (tertiary/aromatic N) is 1. The number of carbonyl (C=O) groups is 1. The minimum absolute atomic E-state index is 0.0133. The Balaban J connectivity index is 2.06. The van der Waals surface area contributed by atoms with Crippen LogP contribution >= 0.6 is 0 Å². The molecule has 0 atom stereocenters. The first kappa shape index (κ1) is 11.5. The Hall–Kier alpha value is -1.94. The maximum Gasteiger partial charge on any atom is 0.234 e. The van der Waals surface area contributed by atoms with Gasteiger partial charge in [-0.1, -0.05) is 18.2 Å². The highest BCUT2D eigenvalue weighted by atomic mass is 16.1. The van der Waals surface area contributed by atoms with Crippen LogP contribution in [0.5, 0.6) is 0 Å². The molecule has 0 bridgehead atoms. The Bertz CT molecular complexity index is 525. The van der Waals surface area contributed by atoms with E-state index >= 15 is 0 Å². The Morgan fingerprint density at radius 1 is 1.35 bits per heavy atom. The van der Waals surface area contributed by atoms with Gasteiger partial charge in [0.15, 0.2) is 0 Å². The third-order valence-corrected chi connectivity index (χ3v) is 2.47. The summed E-state index contributed by atoms with van der Waals surface area (Å²) in [4.78, 5) is 15.6. The van der Waals surface area contributed by atoms with Gasteiger partial charge in [-0.15, -0.1) is 0 Å². The predicted molar refractivity (Wildman–Crippen MR) is 67.5 cm³/mol. The highest BCUT2D eigenvalue weighted by molar-refractivity contribution is 5.79. The smallest absolute Gasteiger partial charge is 0.234 e. The Kier molecular flexibility index (Phi) is 3.67. The minimum atomic E-state index is -0.0133. The number of hydrogen-bond acceptors (Lipinski definition) is 3. The van der Waals surface area contributed by atoms with Gasteiger partial charge in [0.05, 0.1) is 12.1 Å². The standard InChI is InChI=1S/C13H15N3O/c1-14-9-13(17)16-8-10-6-11-4-2-3-5-12(11)15-7-10/h2-7,14H,8-9H2,1H3,(H,16,17). The number of carbonyl (C=O) groups excluding carboxylic acids is 1. The van der Waals surface area contributed by atoms with Crippen molar-refractivity contribution in [1.29, 1.82) is 0 Å². The van der Waals surface area contributed by atoms with Crippen molar-refractivity contribution < 1.29 is 4.79 Å². The van der Waals surface area contributed by atoms with Crippen LogP contribution in [0.25, 0.3) is 10.9 Å². The molecular weight excluding hydrogens is 214 g/mol. The number of benzene rings is 1. The Morgan fingerprint density at radius 2 is 2.18 bits per heavy atom. The number of rotatable bonds is 4. The molecule has 0 unspecified atom stereocenters. The van der Waals surface area contributed by atoms with Gasteiger partial charge >= 0.3 is 0 Å². The largest absolute Gasteiger partial charge is 0.351 e. The fraction of sp³-hybridized carbons (Fsp3) is 0.231. The maximum absolute atomic E-state index is 11.3. The van der Waals surface area contributed by atoms with Crippen LogP contribution in [-0.4, -0.2) is 24.5 Å². The molecule has 0 fully saturated rings. The van der Waals surface area contributed by atoms with E-state index in [1.54, 1.807) is 13.2 Å². The van der Waals surface area contributed by atoms with E-state index in [1.165, 1.54) is 0 Å². The molecule has 0 spiro atoms. The van der Waals surface area contributed by atoms with E-state index in [2.05, 4.69) is 15.6 Å². The van der Waals surface area contributed by atoms with E-state index in [-0.39, 0.29) is 5.91 Å². The third-order valence-electron chi connectivity index (χ3n) is 2.47. The number of pyridine rings is 1. The zero-order valence-corrected chi connectivity index (χ0v) is 9.73. The first-order valence-electron chi connectivity index (χ1n) is 5.54. The number of likely N-dealkylation sites (N-methyl/N-ethyl adjacent to an activating group) is 1. The fourth-order valence-corrected chi connectivity index (χ4v) is 1.64. The lowest BCUT2D eigenvalue weighted by Crippen LogP contribution is -2.31. The summed E-state index contributed by atoms with van der Waals surface area (Å²) in [6.07, 6.45) is 1.79. The van der Waals surface area contributed by atoms with Crippen molar-refractivity contribution in [2.45, 2.75) is 6.54 Å². The SMILES string of the molecule is CNCC(=O)NCc1cnc2ccccc2c1. The van der Waals surface area contributed by atoms with Crippen LogP contribution in [-0.2, 0) is 11.3 Å². The van der Waals surface area contributed by atoms with Crippen LogP contribution in [0.15, 0.2) is 36.5 Å². The maximum atomic E-state index is 11.3. The Labute approximate surface area is 100 Å². The highest BCUT2D eigenvalue weighted by Gasteiger charge is 2.00. The molecule has 17 heavy (non-hydrogen) atoms. The monoisotopic (exact) mass is 229 g/mol. The third kappa shape index (κ3) is 3.01. The number of nitrogens with one attached hydrogen (secondary N) is 2. The summed E-state index contributed by atoms with van der Waals surface area (Å²) >= 11 is 0. The molecule has 0 aliphatic heterocycles. The zero-order chi connectivity index (χ0) is 12.1. The summed E-state index contributed by atoms with van der Waals surface area (Å²) < 4.78 is 0. The molecule has 1 heterocycles. The van der Waals surface area contributed by atoms with Crippen molar-refractivity contribution in [1.82, 2.24) is 15.6 Å². The van der Waals surface area contributed by atoms with E-state index < -0.39 is 0 Å². The molecule has 0 saturated carbocycles. The lowest BCUT2D eigenvalue weighted by molar-refractivity contribution is -0.120. The van der Waals surface area contributed by atoms with E-state index in [4.69, 9.17) is 0 Å². The highest BCUT2D eigenvalue weighted by Crippen LogP contribution is 2.12. The average Bonchev–Trinajstić information content (AvgIpc) is 2.36. The molecule has 2 aromatic rings. The number of hydrogen-bond donors (Lipinski definition) is 2. The molecule has 0 radical (unpaired) electrons. The molecule has 1 amide bonds. The second-order valence-electron chi connectivity index (χ2n) is 3.84. The first-order valence-corrected chi connectivity index (χ1v) is 5.54. The van der Waals surface area contributed by atoms with Gasteiger partial charge < -0.3 is 10.6 Å². The van der Waals surface area contributed by atoms with Crippen molar-refractivity contribution in [2.75, 3.05) is 13.6 Å². The van der Waals surface area contributed by atoms with Crippen molar-refractivity contribution in [2.24, 2.45) is 0 Å². The predicted octanol–water partition coefficient (Wildman–Crippen LogP) is 1.07. The normalized spacial score (nSPS) is 10.4. The van der Waals surface area contributed by atoms with Gasteiger partial charge in [-0.25, -0.2) is 0 Å². The number of para-hydroxylation sites is 1. The molecule has 2 rings (SSSR count). The van der Waals surface area contributed by atoms with Crippen LogP contribution in [0.3, 0.4) is 0 Å². The van der Waals surface area contributed by atoms with Crippen molar-refractivity contribution in [3.8, 4) is 0 Å². The molecule has 1 aromatic heterocycles. The van der Waals surface area contributed by atoms with Gasteiger partial charge in [0, 0.05) is 18.1 Å². The molecule has 4 heteroatoms. The van der Waals surface area contributed by atoms with E-state index in [0.717, 1.165) is 16.5 Å². The van der Waals surface area contributed by atoms with Gasteiger partial charge in [-0.3, -0.25) is 9.78 Å². The molecular formula is C13H15N3O. The molecule has 4 nitrogen and oxygen atoms in total. The average molecular weight is 229 g/mol. The van der Waals surface area contributed by atoms with Crippen molar-refractivity contribution in [3.63, 3.8) is 0 Å². The minimum Gasteiger partial charge on any atom is -0.351 e. The number of aromatic nitrogens is 1. The quantitative estimate of drug-likeness (QED) is 0.824. The van der Waals surface area contributed by atoms with Gasteiger partial charge in [0.25, 0.3) is 0 Å². The Morgan fingerprint density at radius 3 is 3.00 bits per heavy atom. The van der Waals surface area contributed by atoms with Crippen LogP contribution < -0.4 is 10.6 Å². The van der Waals surface area contributed by atoms with Crippen molar-refractivity contribution in [3.05, 3.63) is 42.1 Å². The lowest BCUT2D eigenvalue weighted by Gasteiger charge is -2.05. The van der Waals surface area contributed by atoms with E-state index in [0.29, 0.717) is 13.1 Å². The van der Waals surface area contributed by atoms with Gasteiger partial charge in [-0.2, -0.15) is 0 Å². The van der Waals surface area contributed by atoms with Gasteiger partial charge in [0.2, 0.25) is 5.91 Å². The van der Waals surface area contributed by atoms with E-state index in [9.17, 15) is 4.79 Å². The summed E-state index contributed by atoms with van der Waals surface area (Å²) in [7, 11) is 1.75. The summed E-state index contributed by atoms with van der Waals surface area (Å²) in [6.45, 7) is 0.847. The van der Waals surface area contributed by atoms with Crippen LogP contribution in [0, 0.1) is 0 Å². The van der Waals surface area contributed by atoms with Crippen LogP contribution in [0.4, 0.5) is 0 Å².